The summed E-state index contributed by atoms with van der Waals surface area (Å²) in [7, 11) is -2.21. The lowest BCUT2D eigenvalue weighted by atomic mass is 9.86. The second kappa shape index (κ2) is 8.32. The van der Waals surface area contributed by atoms with Crippen LogP contribution in [0.3, 0.4) is 0 Å². The Morgan fingerprint density at radius 3 is 2.00 bits per heavy atom. The molecule has 6 heteroatoms. The molecule has 1 amide bonds. The number of rotatable bonds is 5. The van der Waals surface area contributed by atoms with Crippen molar-refractivity contribution in [3.63, 3.8) is 0 Å². The van der Waals surface area contributed by atoms with Crippen molar-refractivity contribution in [1.29, 1.82) is 0 Å². The van der Waals surface area contributed by atoms with E-state index in [1.54, 1.807) is 24.3 Å². The Labute approximate surface area is 178 Å². The summed E-state index contributed by atoms with van der Waals surface area (Å²) in [5, 5.41) is 2.94. The van der Waals surface area contributed by atoms with Gasteiger partial charge >= 0.3 is 0 Å². The fourth-order valence-electron chi connectivity index (χ4n) is 3.15. The molecule has 0 aliphatic carbocycles. The van der Waals surface area contributed by atoms with Gasteiger partial charge in [-0.05, 0) is 53.4 Å². The van der Waals surface area contributed by atoms with E-state index in [9.17, 15) is 13.2 Å². The van der Waals surface area contributed by atoms with E-state index in [2.05, 4.69) is 26.1 Å². The first-order valence-corrected chi connectivity index (χ1v) is 11.1. The number of hydrogen-bond donors (Lipinski definition) is 1. The molecule has 0 unspecified atom stereocenters. The molecule has 3 aromatic rings. The number of nitrogens with zero attached hydrogens (tertiary/aromatic N) is 1. The molecule has 0 atom stereocenters. The third-order valence-corrected chi connectivity index (χ3v) is 6.68. The minimum atomic E-state index is -3.72. The standard InChI is InChI=1S/C24H26N2O3S/c1-24(2,3)21-12-8-9-13-22(21)25-23(27)18-14-16-20(17-15-18)30(28,29)26(4)19-10-6-5-7-11-19/h5-17H,1-4H3,(H,25,27). The van der Waals surface area contributed by atoms with Crippen LogP contribution in [0.1, 0.15) is 36.7 Å². The monoisotopic (exact) mass is 422 g/mol. The smallest absolute Gasteiger partial charge is 0.264 e. The van der Waals surface area contributed by atoms with E-state index in [1.807, 2.05) is 30.3 Å². The van der Waals surface area contributed by atoms with E-state index in [1.165, 1.54) is 35.6 Å². The first-order valence-electron chi connectivity index (χ1n) is 9.65. The highest BCUT2D eigenvalue weighted by atomic mass is 32.2. The van der Waals surface area contributed by atoms with E-state index in [0.717, 1.165) is 11.3 Å². The summed E-state index contributed by atoms with van der Waals surface area (Å²) in [6.07, 6.45) is 0. The van der Waals surface area contributed by atoms with Gasteiger partial charge in [-0.15, -0.1) is 0 Å². The van der Waals surface area contributed by atoms with Crippen LogP contribution in [0.4, 0.5) is 11.4 Å². The van der Waals surface area contributed by atoms with Gasteiger partial charge < -0.3 is 5.32 Å². The maximum Gasteiger partial charge on any atom is 0.264 e. The zero-order chi connectivity index (χ0) is 21.9. The first-order chi connectivity index (χ1) is 14.1. The highest BCUT2D eigenvalue weighted by molar-refractivity contribution is 7.92. The van der Waals surface area contributed by atoms with Gasteiger partial charge in [0.2, 0.25) is 0 Å². The van der Waals surface area contributed by atoms with E-state index in [-0.39, 0.29) is 16.2 Å². The summed E-state index contributed by atoms with van der Waals surface area (Å²) in [5.74, 6) is -0.285. The van der Waals surface area contributed by atoms with Crippen LogP contribution in [-0.2, 0) is 15.4 Å². The molecule has 0 aromatic heterocycles. The van der Waals surface area contributed by atoms with Crippen molar-refractivity contribution >= 4 is 27.3 Å². The molecule has 0 heterocycles. The molecular formula is C24H26N2O3S. The SMILES string of the molecule is CN(c1ccccc1)S(=O)(=O)c1ccc(C(=O)Nc2ccccc2C(C)(C)C)cc1. The third kappa shape index (κ3) is 4.54. The van der Waals surface area contributed by atoms with Crippen LogP contribution in [0, 0.1) is 0 Å². The van der Waals surface area contributed by atoms with E-state index >= 15 is 0 Å². The number of amides is 1. The van der Waals surface area contributed by atoms with Crippen LogP contribution in [0.2, 0.25) is 0 Å². The van der Waals surface area contributed by atoms with Gasteiger partial charge in [-0.2, -0.15) is 0 Å². The minimum Gasteiger partial charge on any atom is -0.322 e. The van der Waals surface area contributed by atoms with E-state index in [0.29, 0.717) is 11.3 Å². The summed E-state index contributed by atoms with van der Waals surface area (Å²) in [6.45, 7) is 6.25. The zero-order valence-corrected chi connectivity index (χ0v) is 18.4. The van der Waals surface area contributed by atoms with Gasteiger partial charge in [-0.1, -0.05) is 57.2 Å². The van der Waals surface area contributed by atoms with Crippen molar-refractivity contribution < 1.29 is 13.2 Å². The van der Waals surface area contributed by atoms with Crippen LogP contribution >= 0.6 is 0 Å². The Hall–Kier alpha value is -3.12. The Morgan fingerprint density at radius 2 is 1.40 bits per heavy atom. The number of carbonyl (C=O) groups is 1. The molecule has 0 radical (unpaired) electrons. The topological polar surface area (TPSA) is 66.5 Å². The molecule has 3 aromatic carbocycles. The number of carbonyl (C=O) groups excluding carboxylic acids is 1. The molecule has 1 N–H and O–H groups in total. The summed E-state index contributed by atoms with van der Waals surface area (Å²) in [4.78, 5) is 12.9. The Bertz CT molecular complexity index is 1130. The molecule has 5 nitrogen and oxygen atoms in total. The van der Waals surface area contributed by atoms with Gasteiger partial charge in [0.1, 0.15) is 0 Å². The van der Waals surface area contributed by atoms with Crippen molar-refractivity contribution in [2.45, 2.75) is 31.1 Å². The predicted molar refractivity (Wildman–Crippen MR) is 122 cm³/mol. The first kappa shape index (κ1) is 21.6. The van der Waals surface area contributed by atoms with Gasteiger partial charge in [0.15, 0.2) is 0 Å². The molecular weight excluding hydrogens is 396 g/mol. The molecule has 156 valence electrons. The van der Waals surface area contributed by atoms with E-state index < -0.39 is 10.0 Å². The number of nitrogens with one attached hydrogen (secondary N) is 1. The molecule has 30 heavy (non-hydrogen) atoms. The third-order valence-electron chi connectivity index (χ3n) is 4.88. The molecule has 0 saturated carbocycles. The van der Waals surface area contributed by atoms with Crippen LogP contribution in [0.5, 0.6) is 0 Å². The Morgan fingerprint density at radius 1 is 0.833 bits per heavy atom. The predicted octanol–water partition coefficient (Wildman–Crippen LogP) is 5.06. The van der Waals surface area contributed by atoms with Gasteiger partial charge in [-0.25, -0.2) is 8.42 Å². The lowest BCUT2D eigenvalue weighted by Gasteiger charge is -2.23. The summed E-state index contributed by atoms with van der Waals surface area (Å²) >= 11 is 0. The number of anilines is 2. The van der Waals surface area contributed by atoms with Gasteiger partial charge in [0, 0.05) is 18.3 Å². The Kier molecular flexibility index (Phi) is 5.99. The zero-order valence-electron chi connectivity index (χ0n) is 17.6. The van der Waals surface area contributed by atoms with Gasteiger partial charge in [0.25, 0.3) is 15.9 Å². The maximum absolute atomic E-state index is 12.9. The van der Waals surface area contributed by atoms with Crippen LogP contribution in [0.15, 0.2) is 83.8 Å². The molecule has 0 aliphatic rings. The average molecular weight is 423 g/mol. The Balaban J connectivity index is 1.82. The number of hydrogen-bond acceptors (Lipinski definition) is 3. The fourth-order valence-corrected chi connectivity index (χ4v) is 4.35. The molecule has 0 saturated heterocycles. The summed E-state index contributed by atoms with van der Waals surface area (Å²) in [5.41, 5.74) is 2.61. The molecule has 0 fully saturated rings. The van der Waals surface area contributed by atoms with Gasteiger partial charge in [-0.3, -0.25) is 9.10 Å². The maximum atomic E-state index is 12.9. The van der Waals surface area contributed by atoms with Crippen molar-refractivity contribution in [3.05, 3.63) is 90.0 Å². The highest BCUT2D eigenvalue weighted by Gasteiger charge is 2.22. The second-order valence-electron chi connectivity index (χ2n) is 8.08. The molecule has 0 aliphatic heterocycles. The van der Waals surface area contributed by atoms with Crippen molar-refractivity contribution in [3.8, 4) is 0 Å². The minimum absolute atomic E-state index is 0.121. The normalized spacial score (nSPS) is 11.7. The lowest BCUT2D eigenvalue weighted by Crippen LogP contribution is -2.26. The average Bonchev–Trinajstić information content (AvgIpc) is 2.73. The molecule has 0 spiro atoms. The number of sulfonamides is 1. The summed E-state index contributed by atoms with van der Waals surface area (Å²) < 4.78 is 27.0. The molecule has 0 bridgehead atoms. The fraction of sp³-hybridized carbons (Fsp3) is 0.208. The lowest BCUT2D eigenvalue weighted by molar-refractivity contribution is 0.102. The number of benzene rings is 3. The highest BCUT2D eigenvalue weighted by Crippen LogP contribution is 2.29. The van der Waals surface area contributed by atoms with Gasteiger partial charge in [0.05, 0.1) is 10.6 Å². The van der Waals surface area contributed by atoms with Crippen LogP contribution in [0.25, 0.3) is 0 Å². The molecule has 3 rings (SSSR count). The number of para-hydroxylation sites is 2. The van der Waals surface area contributed by atoms with Crippen LogP contribution < -0.4 is 9.62 Å². The quantitative estimate of drug-likeness (QED) is 0.625. The van der Waals surface area contributed by atoms with Crippen LogP contribution in [-0.4, -0.2) is 21.4 Å². The summed E-state index contributed by atoms with van der Waals surface area (Å²) in [6, 6.07) is 22.5. The van der Waals surface area contributed by atoms with Crippen molar-refractivity contribution in [2.24, 2.45) is 0 Å². The van der Waals surface area contributed by atoms with E-state index in [4.69, 9.17) is 0 Å². The second-order valence-corrected chi connectivity index (χ2v) is 10.1. The van der Waals surface area contributed by atoms with Crippen molar-refractivity contribution in [2.75, 3.05) is 16.7 Å². The largest absolute Gasteiger partial charge is 0.322 e. The van der Waals surface area contributed by atoms with Crippen molar-refractivity contribution in [1.82, 2.24) is 0 Å².